The molecule has 1 aliphatic rings. The van der Waals surface area contributed by atoms with E-state index >= 15 is 0 Å². The van der Waals surface area contributed by atoms with Gasteiger partial charge < -0.3 is 14.4 Å². The van der Waals surface area contributed by atoms with Crippen molar-refractivity contribution in [2.45, 2.75) is 30.8 Å². The van der Waals surface area contributed by atoms with Gasteiger partial charge in [-0.05, 0) is 44.5 Å². The molecule has 0 heterocycles. The molecule has 1 aromatic rings. The maximum Gasteiger partial charge on any atom is 0.314 e. The van der Waals surface area contributed by atoms with Crippen LogP contribution in [0.4, 0.5) is 0 Å². The summed E-state index contributed by atoms with van der Waals surface area (Å²) in [5.41, 5.74) is -0.926. The minimum Gasteiger partial charge on any atom is -0.744 e. The molecule has 0 amide bonds. The summed E-state index contributed by atoms with van der Waals surface area (Å²) in [7, 11) is -4.50. The number of carbonyl (C=O) groups is 1. The summed E-state index contributed by atoms with van der Waals surface area (Å²) in [5, 5.41) is 9.76. The van der Waals surface area contributed by atoms with E-state index in [1.54, 1.807) is 13.8 Å². The lowest BCUT2D eigenvalue weighted by atomic mass is 10.0. The Morgan fingerprint density at radius 2 is 1.90 bits per heavy atom. The van der Waals surface area contributed by atoms with Crippen LogP contribution in [0.3, 0.4) is 0 Å². The second-order valence-electron chi connectivity index (χ2n) is 5.45. The van der Waals surface area contributed by atoms with E-state index < -0.39 is 21.7 Å². The van der Waals surface area contributed by atoms with Crippen LogP contribution in [0.2, 0.25) is 0 Å². The van der Waals surface area contributed by atoms with E-state index in [2.05, 4.69) is 0 Å². The molecule has 0 aromatic heterocycles. The molecule has 1 aliphatic carbocycles. The van der Waals surface area contributed by atoms with Gasteiger partial charge in [0.15, 0.2) is 0 Å². The molecule has 1 saturated carbocycles. The smallest absolute Gasteiger partial charge is 0.314 e. The van der Waals surface area contributed by atoms with Crippen molar-refractivity contribution in [1.82, 2.24) is 0 Å². The van der Waals surface area contributed by atoms with E-state index in [-0.39, 0.29) is 22.5 Å². The summed E-state index contributed by atoms with van der Waals surface area (Å²) in [6, 6.07) is 4.69. The summed E-state index contributed by atoms with van der Waals surface area (Å²) >= 11 is 0. The van der Waals surface area contributed by atoms with Gasteiger partial charge >= 0.3 is 5.97 Å². The fraction of sp³-hybridized carbons (Fsp3) is 0.462. The van der Waals surface area contributed by atoms with E-state index in [4.69, 9.17) is 4.74 Å². The highest BCUT2D eigenvalue weighted by Crippen LogP contribution is 2.46. The zero-order valence-electron chi connectivity index (χ0n) is 11.1. The van der Waals surface area contributed by atoms with Gasteiger partial charge in [0.2, 0.25) is 0 Å². The normalized spacial score (nSPS) is 22.4. The van der Waals surface area contributed by atoms with Crippen molar-refractivity contribution < 1.29 is 27.6 Å². The average Bonchev–Trinajstić information content (AvgIpc) is 3.07. The Morgan fingerprint density at radius 1 is 1.35 bits per heavy atom. The number of esters is 1. The van der Waals surface area contributed by atoms with Crippen LogP contribution < -0.4 is 4.74 Å². The number of rotatable bonds is 4. The Labute approximate surface area is 117 Å². The van der Waals surface area contributed by atoms with Gasteiger partial charge in [-0.3, -0.25) is 4.79 Å². The van der Waals surface area contributed by atoms with Crippen LogP contribution in [0.15, 0.2) is 29.2 Å². The lowest BCUT2D eigenvalue weighted by molar-refractivity contribution is -0.137. The molecule has 2 rings (SSSR count). The van der Waals surface area contributed by atoms with Gasteiger partial charge in [0, 0.05) is 5.92 Å². The van der Waals surface area contributed by atoms with Crippen LogP contribution >= 0.6 is 0 Å². The molecule has 0 radical (unpaired) electrons. The third kappa shape index (κ3) is 3.36. The van der Waals surface area contributed by atoms with Crippen molar-refractivity contribution in [2.24, 2.45) is 11.8 Å². The van der Waals surface area contributed by atoms with Gasteiger partial charge in [-0.1, -0.05) is 0 Å². The molecule has 1 fully saturated rings. The second kappa shape index (κ2) is 4.83. The van der Waals surface area contributed by atoms with Crippen molar-refractivity contribution in [3.63, 3.8) is 0 Å². The van der Waals surface area contributed by atoms with Gasteiger partial charge in [-0.15, -0.1) is 0 Å². The molecule has 2 atom stereocenters. The Hall–Kier alpha value is -1.44. The second-order valence-corrected chi connectivity index (χ2v) is 6.83. The third-order valence-corrected chi connectivity index (χ3v) is 4.18. The van der Waals surface area contributed by atoms with Gasteiger partial charge in [0.1, 0.15) is 15.9 Å². The molecule has 6 nitrogen and oxygen atoms in total. The van der Waals surface area contributed by atoms with Crippen LogP contribution in [-0.2, 0) is 14.9 Å². The highest BCUT2D eigenvalue weighted by Gasteiger charge is 2.52. The molecule has 0 spiro atoms. The van der Waals surface area contributed by atoms with Gasteiger partial charge in [-0.2, -0.15) is 0 Å². The minimum atomic E-state index is -4.50. The standard InChI is InChI=1S/C13H16O6S/c1-13(2,15)11-7-10(11)12(14)19-8-3-5-9(6-4-8)20(16,17)18/h3-6,10-11,15H,7H2,1-2H3,(H,16,17,18)/p-1. The van der Waals surface area contributed by atoms with Crippen LogP contribution in [-0.4, -0.2) is 29.6 Å². The first-order chi connectivity index (χ1) is 9.09. The fourth-order valence-electron chi connectivity index (χ4n) is 2.10. The molecule has 0 saturated heterocycles. The lowest BCUT2D eigenvalue weighted by Gasteiger charge is -2.16. The van der Waals surface area contributed by atoms with Gasteiger partial charge in [0.25, 0.3) is 0 Å². The summed E-state index contributed by atoms with van der Waals surface area (Å²) < 4.78 is 37.3. The van der Waals surface area contributed by atoms with Crippen molar-refractivity contribution in [1.29, 1.82) is 0 Å². The highest BCUT2D eigenvalue weighted by atomic mass is 32.2. The molecule has 1 aromatic carbocycles. The number of carbonyl (C=O) groups excluding carboxylic acids is 1. The largest absolute Gasteiger partial charge is 0.744 e. The monoisotopic (exact) mass is 299 g/mol. The van der Waals surface area contributed by atoms with Crippen molar-refractivity contribution >= 4 is 16.1 Å². The fourth-order valence-corrected chi connectivity index (χ4v) is 2.57. The van der Waals surface area contributed by atoms with Crippen LogP contribution in [0, 0.1) is 11.8 Å². The number of benzene rings is 1. The summed E-state index contributed by atoms with van der Waals surface area (Å²) in [6.45, 7) is 3.28. The molecule has 20 heavy (non-hydrogen) atoms. The van der Waals surface area contributed by atoms with E-state index in [1.807, 2.05) is 0 Å². The van der Waals surface area contributed by atoms with Gasteiger partial charge in [0.05, 0.1) is 16.4 Å². The Balaban J connectivity index is 2.00. The first-order valence-corrected chi connectivity index (χ1v) is 7.50. The molecular weight excluding hydrogens is 284 g/mol. The Bertz CT molecular complexity index is 611. The SMILES string of the molecule is CC(C)(O)C1CC1C(=O)Oc1ccc(S(=O)(=O)[O-])cc1. The van der Waals surface area contributed by atoms with Crippen molar-refractivity contribution in [3.8, 4) is 5.75 Å². The van der Waals surface area contributed by atoms with E-state index in [0.29, 0.717) is 6.42 Å². The van der Waals surface area contributed by atoms with E-state index in [1.165, 1.54) is 12.1 Å². The van der Waals surface area contributed by atoms with Crippen molar-refractivity contribution in [3.05, 3.63) is 24.3 Å². The number of hydrogen-bond donors (Lipinski definition) is 1. The summed E-state index contributed by atoms with van der Waals surface area (Å²) in [5.74, 6) is -0.770. The Morgan fingerprint density at radius 3 is 2.30 bits per heavy atom. The third-order valence-electron chi connectivity index (χ3n) is 3.33. The number of hydrogen-bond acceptors (Lipinski definition) is 6. The minimum absolute atomic E-state index is 0.128. The average molecular weight is 299 g/mol. The molecular formula is C13H15O6S-. The summed E-state index contributed by atoms with van der Waals surface area (Å²) in [6.07, 6.45) is 0.565. The first-order valence-electron chi connectivity index (χ1n) is 6.09. The number of aliphatic hydroxyl groups is 1. The van der Waals surface area contributed by atoms with Crippen LogP contribution in [0.1, 0.15) is 20.3 Å². The lowest BCUT2D eigenvalue weighted by Crippen LogP contribution is -2.25. The molecule has 110 valence electrons. The maximum atomic E-state index is 11.8. The van der Waals surface area contributed by atoms with Crippen LogP contribution in [0.5, 0.6) is 5.75 Å². The summed E-state index contributed by atoms with van der Waals surface area (Å²) in [4.78, 5) is 11.4. The van der Waals surface area contributed by atoms with Crippen LogP contribution in [0.25, 0.3) is 0 Å². The van der Waals surface area contributed by atoms with E-state index in [0.717, 1.165) is 12.1 Å². The molecule has 1 N–H and O–H groups in total. The molecule has 7 heteroatoms. The predicted molar refractivity (Wildman–Crippen MR) is 67.9 cm³/mol. The zero-order chi connectivity index (χ0) is 15.1. The van der Waals surface area contributed by atoms with E-state index in [9.17, 15) is 22.9 Å². The molecule has 0 bridgehead atoms. The quantitative estimate of drug-likeness (QED) is 0.503. The van der Waals surface area contributed by atoms with Crippen molar-refractivity contribution in [2.75, 3.05) is 0 Å². The Kier molecular flexibility index (Phi) is 3.62. The maximum absolute atomic E-state index is 11.8. The first kappa shape index (κ1) is 15.0. The predicted octanol–water partition coefficient (Wildman–Crippen LogP) is 0.903. The highest BCUT2D eigenvalue weighted by molar-refractivity contribution is 7.85. The molecule has 2 unspecified atom stereocenters. The van der Waals surface area contributed by atoms with Gasteiger partial charge in [-0.25, -0.2) is 8.42 Å². The topological polar surface area (TPSA) is 104 Å². The zero-order valence-corrected chi connectivity index (χ0v) is 11.9. The molecule has 0 aliphatic heterocycles. The number of ether oxygens (including phenoxy) is 1.